The molecule has 174 valence electrons. The first-order valence-corrected chi connectivity index (χ1v) is 12.4. The number of carbonyl (C=O) groups is 1. The van der Waals surface area contributed by atoms with E-state index in [0.717, 1.165) is 71.0 Å². The van der Waals surface area contributed by atoms with Gasteiger partial charge in [-0.05, 0) is 63.2 Å². The van der Waals surface area contributed by atoms with Crippen LogP contribution in [0.15, 0.2) is 12.2 Å². The number of allylic oxidation sites excluding steroid dienone is 2. The summed E-state index contributed by atoms with van der Waals surface area (Å²) in [5.74, 6) is -0.362. The van der Waals surface area contributed by atoms with Gasteiger partial charge in [-0.1, -0.05) is 44.8 Å². The SMILES string of the molecule is CCCCCCCC1(CC[C@@H]2C(C/C=C\CCCC(=O)O)CC[C@H]2O)OCCCO1. The average Bonchev–Trinajstić information content (AvgIpc) is 3.09. The van der Waals surface area contributed by atoms with E-state index in [-0.39, 0.29) is 12.5 Å². The summed E-state index contributed by atoms with van der Waals surface area (Å²) in [5, 5.41) is 19.3. The van der Waals surface area contributed by atoms with Crippen LogP contribution in [0.25, 0.3) is 0 Å². The second-order valence-corrected chi connectivity index (χ2v) is 9.23. The smallest absolute Gasteiger partial charge is 0.303 e. The maximum absolute atomic E-state index is 10.6. The Bertz CT molecular complexity index is 498. The van der Waals surface area contributed by atoms with Crippen molar-refractivity contribution in [1.29, 1.82) is 0 Å². The number of aliphatic carboxylic acids is 1. The van der Waals surface area contributed by atoms with Gasteiger partial charge in [0.05, 0.1) is 19.3 Å². The molecule has 0 amide bonds. The molecule has 0 radical (unpaired) electrons. The molecule has 0 aromatic heterocycles. The fraction of sp³-hybridized carbons (Fsp3) is 0.880. The Balaban J connectivity index is 1.79. The summed E-state index contributed by atoms with van der Waals surface area (Å²) < 4.78 is 12.4. The van der Waals surface area contributed by atoms with Gasteiger partial charge in [-0.3, -0.25) is 4.79 Å². The van der Waals surface area contributed by atoms with Crippen LogP contribution in [0.1, 0.15) is 103 Å². The highest BCUT2D eigenvalue weighted by atomic mass is 16.7. The van der Waals surface area contributed by atoms with Gasteiger partial charge in [-0.2, -0.15) is 0 Å². The zero-order chi connectivity index (χ0) is 21.7. The van der Waals surface area contributed by atoms with Crippen molar-refractivity contribution in [2.45, 2.75) is 115 Å². The molecule has 1 saturated heterocycles. The lowest BCUT2D eigenvalue weighted by Gasteiger charge is -2.39. The number of hydrogen-bond donors (Lipinski definition) is 2. The first-order chi connectivity index (χ1) is 14.6. The molecular formula is C25H44O5. The Kier molecular flexibility index (Phi) is 12.0. The molecule has 0 aromatic carbocycles. The number of rotatable bonds is 15. The Morgan fingerprint density at radius 3 is 2.53 bits per heavy atom. The lowest BCUT2D eigenvalue weighted by molar-refractivity contribution is -0.275. The van der Waals surface area contributed by atoms with Gasteiger partial charge in [0.25, 0.3) is 0 Å². The molecule has 0 spiro atoms. The van der Waals surface area contributed by atoms with Gasteiger partial charge in [0.2, 0.25) is 0 Å². The van der Waals surface area contributed by atoms with Gasteiger partial charge in [0, 0.05) is 19.3 Å². The molecule has 2 N–H and O–H groups in total. The molecule has 0 aromatic rings. The van der Waals surface area contributed by atoms with E-state index in [9.17, 15) is 9.90 Å². The molecule has 30 heavy (non-hydrogen) atoms. The fourth-order valence-corrected chi connectivity index (χ4v) is 5.02. The predicted octanol–water partition coefficient (Wildman–Crippen LogP) is 5.85. The van der Waals surface area contributed by atoms with Crippen LogP contribution in [-0.2, 0) is 14.3 Å². The van der Waals surface area contributed by atoms with Crippen molar-refractivity contribution in [3.05, 3.63) is 12.2 Å². The summed E-state index contributed by atoms with van der Waals surface area (Å²) in [5.41, 5.74) is 0. The summed E-state index contributed by atoms with van der Waals surface area (Å²) in [6.07, 6.45) is 18.7. The van der Waals surface area contributed by atoms with Crippen molar-refractivity contribution in [2.24, 2.45) is 11.8 Å². The molecule has 2 rings (SSSR count). The topological polar surface area (TPSA) is 76.0 Å². The molecule has 0 bridgehead atoms. The third-order valence-electron chi connectivity index (χ3n) is 6.84. The van der Waals surface area contributed by atoms with Crippen molar-refractivity contribution < 1.29 is 24.5 Å². The van der Waals surface area contributed by atoms with Gasteiger partial charge in [-0.15, -0.1) is 0 Å². The maximum Gasteiger partial charge on any atom is 0.303 e. The average molecular weight is 425 g/mol. The Morgan fingerprint density at radius 1 is 1.03 bits per heavy atom. The third-order valence-corrected chi connectivity index (χ3v) is 6.84. The van der Waals surface area contributed by atoms with Crippen LogP contribution in [0.5, 0.6) is 0 Å². The molecule has 2 fully saturated rings. The van der Waals surface area contributed by atoms with Gasteiger partial charge >= 0.3 is 5.97 Å². The lowest BCUT2D eigenvalue weighted by Crippen LogP contribution is -2.41. The first-order valence-electron chi connectivity index (χ1n) is 12.4. The minimum Gasteiger partial charge on any atom is -0.481 e. The normalized spacial score (nSPS) is 26.4. The highest BCUT2D eigenvalue weighted by molar-refractivity contribution is 5.66. The third kappa shape index (κ3) is 9.07. The zero-order valence-corrected chi connectivity index (χ0v) is 19.0. The summed E-state index contributed by atoms with van der Waals surface area (Å²) in [7, 11) is 0. The zero-order valence-electron chi connectivity index (χ0n) is 19.0. The van der Waals surface area contributed by atoms with Crippen molar-refractivity contribution in [3.8, 4) is 0 Å². The predicted molar refractivity (Wildman–Crippen MR) is 119 cm³/mol. The number of ether oxygens (including phenoxy) is 2. The van der Waals surface area contributed by atoms with Crippen LogP contribution < -0.4 is 0 Å². The summed E-state index contributed by atoms with van der Waals surface area (Å²) in [6, 6.07) is 0. The van der Waals surface area contributed by atoms with E-state index < -0.39 is 11.8 Å². The van der Waals surface area contributed by atoms with Crippen LogP contribution in [0, 0.1) is 11.8 Å². The summed E-state index contributed by atoms with van der Waals surface area (Å²) >= 11 is 0. The highest BCUT2D eigenvalue weighted by Crippen LogP contribution is 2.41. The monoisotopic (exact) mass is 424 g/mol. The minimum atomic E-state index is -0.728. The van der Waals surface area contributed by atoms with Crippen molar-refractivity contribution >= 4 is 5.97 Å². The largest absolute Gasteiger partial charge is 0.481 e. The Hall–Kier alpha value is -0.910. The molecule has 1 aliphatic heterocycles. The molecule has 3 atom stereocenters. The molecule has 1 saturated carbocycles. The molecule has 1 aliphatic carbocycles. The van der Waals surface area contributed by atoms with Crippen LogP contribution >= 0.6 is 0 Å². The van der Waals surface area contributed by atoms with Crippen molar-refractivity contribution in [3.63, 3.8) is 0 Å². The van der Waals surface area contributed by atoms with Gasteiger partial charge in [-0.25, -0.2) is 0 Å². The molecule has 1 unspecified atom stereocenters. The van der Waals surface area contributed by atoms with E-state index in [1.165, 1.54) is 25.7 Å². The summed E-state index contributed by atoms with van der Waals surface area (Å²) in [4.78, 5) is 10.6. The van der Waals surface area contributed by atoms with Crippen molar-refractivity contribution in [2.75, 3.05) is 13.2 Å². The lowest BCUT2D eigenvalue weighted by atomic mass is 9.85. The summed E-state index contributed by atoms with van der Waals surface area (Å²) in [6.45, 7) is 3.80. The minimum absolute atomic E-state index is 0.222. The quantitative estimate of drug-likeness (QED) is 0.255. The first kappa shape index (κ1) is 25.4. The molecule has 2 aliphatic rings. The van der Waals surface area contributed by atoms with E-state index in [1.807, 2.05) is 0 Å². The number of carboxylic acid groups (broad SMARTS) is 1. The Labute approximate surface area is 183 Å². The number of aliphatic hydroxyl groups excluding tert-OH is 1. The van der Waals surface area contributed by atoms with E-state index in [0.29, 0.717) is 18.3 Å². The van der Waals surface area contributed by atoms with Gasteiger partial charge in [0.1, 0.15) is 0 Å². The molecule has 5 heteroatoms. The second-order valence-electron chi connectivity index (χ2n) is 9.23. The van der Waals surface area contributed by atoms with E-state index in [4.69, 9.17) is 14.6 Å². The highest BCUT2D eigenvalue weighted by Gasteiger charge is 2.39. The molecule has 5 nitrogen and oxygen atoms in total. The van der Waals surface area contributed by atoms with E-state index in [1.54, 1.807) is 0 Å². The maximum atomic E-state index is 10.6. The van der Waals surface area contributed by atoms with Crippen LogP contribution in [-0.4, -0.2) is 41.3 Å². The van der Waals surface area contributed by atoms with Crippen LogP contribution in [0.4, 0.5) is 0 Å². The number of aliphatic hydroxyl groups is 1. The second kappa shape index (κ2) is 14.2. The van der Waals surface area contributed by atoms with Gasteiger partial charge in [0.15, 0.2) is 5.79 Å². The van der Waals surface area contributed by atoms with Crippen LogP contribution in [0.2, 0.25) is 0 Å². The number of carboxylic acids is 1. The fourth-order valence-electron chi connectivity index (χ4n) is 5.02. The molecular weight excluding hydrogens is 380 g/mol. The van der Waals surface area contributed by atoms with Gasteiger partial charge < -0.3 is 19.7 Å². The number of unbranched alkanes of at least 4 members (excludes halogenated alkanes) is 5. The standard InChI is InChI=1S/C25H44O5/c1-2-3-4-7-10-17-25(29-19-11-20-30-25)18-16-22-21(14-15-23(22)26)12-8-5-6-9-13-24(27)28/h5,8,21-23,26H,2-4,6-7,9-20H2,1H3,(H,27,28)/b8-5-/t21?,22-,23-/m1/s1. The Morgan fingerprint density at radius 2 is 1.80 bits per heavy atom. The van der Waals surface area contributed by atoms with E-state index in [2.05, 4.69) is 19.1 Å². The molecule has 1 heterocycles. The van der Waals surface area contributed by atoms with Crippen molar-refractivity contribution in [1.82, 2.24) is 0 Å². The van der Waals surface area contributed by atoms with Crippen LogP contribution in [0.3, 0.4) is 0 Å². The number of hydrogen-bond acceptors (Lipinski definition) is 4. The van der Waals surface area contributed by atoms with E-state index >= 15 is 0 Å².